The number of nitrogens with zero attached hydrogens (tertiary/aromatic N) is 2. The lowest BCUT2D eigenvalue weighted by molar-refractivity contribution is 0.123. The van der Waals surface area contributed by atoms with E-state index in [2.05, 4.69) is 17.3 Å². The van der Waals surface area contributed by atoms with Crippen molar-refractivity contribution in [3.05, 3.63) is 35.4 Å². The number of urea groups is 1. The Labute approximate surface area is 152 Å². The first-order chi connectivity index (χ1) is 12.0. The van der Waals surface area contributed by atoms with Crippen molar-refractivity contribution in [1.82, 2.24) is 15.1 Å². The number of aliphatic hydroxyl groups excluding tert-OH is 1. The molecule has 1 saturated heterocycles. The summed E-state index contributed by atoms with van der Waals surface area (Å²) in [4.78, 5) is 16.4. The maximum Gasteiger partial charge on any atom is 0.317 e. The van der Waals surface area contributed by atoms with Gasteiger partial charge < -0.3 is 20.2 Å². The number of aryl methyl sites for hydroxylation is 1. The zero-order chi connectivity index (χ0) is 18.2. The zero-order valence-corrected chi connectivity index (χ0v) is 15.9. The van der Waals surface area contributed by atoms with Gasteiger partial charge in [-0.25, -0.2) is 4.79 Å². The number of amides is 2. The highest BCUT2D eigenvalue weighted by molar-refractivity contribution is 5.74. The van der Waals surface area contributed by atoms with Crippen LogP contribution in [0.2, 0.25) is 0 Å². The molecular weight excluding hydrogens is 314 g/mol. The molecule has 140 valence electrons. The monoisotopic (exact) mass is 347 g/mol. The number of piperidine rings is 1. The van der Waals surface area contributed by atoms with Crippen LogP contribution in [0.5, 0.6) is 0 Å². The number of rotatable bonds is 7. The van der Waals surface area contributed by atoms with Crippen LogP contribution in [0.25, 0.3) is 0 Å². The summed E-state index contributed by atoms with van der Waals surface area (Å²) in [5.41, 5.74) is 2.01. The minimum absolute atomic E-state index is 0.0819. The van der Waals surface area contributed by atoms with E-state index < -0.39 is 6.10 Å². The van der Waals surface area contributed by atoms with E-state index in [0.29, 0.717) is 25.6 Å². The minimum Gasteiger partial charge on any atom is -0.387 e. The number of benzene rings is 1. The normalized spacial score (nSPS) is 17.3. The lowest BCUT2D eigenvalue weighted by Gasteiger charge is -2.29. The first-order valence-corrected chi connectivity index (χ1v) is 9.45. The summed E-state index contributed by atoms with van der Waals surface area (Å²) >= 11 is 0. The molecule has 2 amide bonds. The van der Waals surface area contributed by atoms with Gasteiger partial charge in [0.05, 0.1) is 12.6 Å². The summed E-state index contributed by atoms with van der Waals surface area (Å²) in [5.74, 6) is 0.713. The van der Waals surface area contributed by atoms with Gasteiger partial charge in [-0.15, -0.1) is 0 Å². The van der Waals surface area contributed by atoms with Crippen LogP contribution in [-0.4, -0.2) is 60.7 Å². The van der Waals surface area contributed by atoms with Crippen LogP contribution < -0.4 is 5.32 Å². The molecule has 5 heteroatoms. The molecule has 1 unspecified atom stereocenters. The maximum absolute atomic E-state index is 12.4. The minimum atomic E-state index is -0.653. The highest BCUT2D eigenvalue weighted by Crippen LogP contribution is 2.19. The Morgan fingerprint density at radius 1 is 1.32 bits per heavy atom. The number of hydrogen-bond donors (Lipinski definition) is 2. The number of hydrogen-bond acceptors (Lipinski definition) is 3. The molecule has 5 nitrogen and oxygen atoms in total. The van der Waals surface area contributed by atoms with Crippen molar-refractivity contribution in [2.45, 2.75) is 39.2 Å². The van der Waals surface area contributed by atoms with E-state index in [9.17, 15) is 9.90 Å². The molecule has 0 bridgehead atoms. The van der Waals surface area contributed by atoms with Crippen molar-refractivity contribution in [3.8, 4) is 0 Å². The van der Waals surface area contributed by atoms with Gasteiger partial charge in [-0.2, -0.15) is 0 Å². The number of likely N-dealkylation sites (tertiary alicyclic amines) is 1. The van der Waals surface area contributed by atoms with Gasteiger partial charge in [0.25, 0.3) is 0 Å². The van der Waals surface area contributed by atoms with Crippen molar-refractivity contribution in [3.63, 3.8) is 0 Å². The largest absolute Gasteiger partial charge is 0.387 e. The zero-order valence-electron chi connectivity index (χ0n) is 15.9. The third kappa shape index (κ3) is 6.33. The fraction of sp³-hybridized carbons (Fsp3) is 0.650. The van der Waals surface area contributed by atoms with Crippen LogP contribution in [0.1, 0.15) is 43.4 Å². The van der Waals surface area contributed by atoms with Gasteiger partial charge in [0.1, 0.15) is 0 Å². The molecule has 1 aliphatic heterocycles. The molecule has 0 spiro atoms. The third-order valence-corrected chi connectivity index (χ3v) is 5.19. The van der Waals surface area contributed by atoms with Gasteiger partial charge in [0, 0.05) is 13.1 Å². The van der Waals surface area contributed by atoms with Crippen molar-refractivity contribution in [2.24, 2.45) is 5.92 Å². The Morgan fingerprint density at radius 3 is 2.56 bits per heavy atom. The molecule has 0 aromatic heterocycles. The molecule has 1 atom stereocenters. The lowest BCUT2D eigenvalue weighted by atomic mass is 9.94. The molecule has 0 aliphatic carbocycles. The predicted octanol–water partition coefficient (Wildman–Crippen LogP) is 2.79. The fourth-order valence-electron chi connectivity index (χ4n) is 3.30. The lowest BCUT2D eigenvalue weighted by Crippen LogP contribution is -2.43. The number of carbonyl (C=O) groups excluding carboxylic acids is 1. The number of carbonyl (C=O) groups is 1. The first-order valence-electron chi connectivity index (χ1n) is 9.45. The highest BCUT2D eigenvalue weighted by Gasteiger charge is 2.19. The molecular formula is C20H33N3O2. The van der Waals surface area contributed by atoms with E-state index in [1.807, 2.05) is 38.1 Å². The molecule has 0 saturated carbocycles. The van der Waals surface area contributed by atoms with Gasteiger partial charge in [0.15, 0.2) is 0 Å². The molecule has 1 aromatic carbocycles. The quantitative estimate of drug-likeness (QED) is 0.797. The van der Waals surface area contributed by atoms with Crippen LogP contribution in [0.4, 0.5) is 4.79 Å². The van der Waals surface area contributed by atoms with E-state index in [-0.39, 0.29) is 6.03 Å². The second-order valence-corrected chi connectivity index (χ2v) is 7.23. The Morgan fingerprint density at radius 2 is 1.96 bits per heavy atom. The molecule has 2 N–H and O–H groups in total. The topological polar surface area (TPSA) is 55.8 Å². The van der Waals surface area contributed by atoms with Gasteiger partial charge in [-0.05, 0) is 64.7 Å². The Kier molecular flexibility index (Phi) is 7.72. The van der Waals surface area contributed by atoms with Crippen molar-refractivity contribution < 1.29 is 9.90 Å². The summed E-state index contributed by atoms with van der Waals surface area (Å²) in [6.07, 6.45) is 2.82. The number of aliphatic hydroxyl groups is 1. The summed E-state index contributed by atoms with van der Waals surface area (Å²) < 4.78 is 0. The van der Waals surface area contributed by atoms with Gasteiger partial charge in [-0.1, -0.05) is 29.8 Å². The summed E-state index contributed by atoms with van der Waals surface area (Å²) in [6, 6.07) is 7.73. The van der Waals surface area contributed by atoms with Crippen molar-refractivity contribution in [2.75, 3.05) is 39.8 Å². The van der Waals surface area contributed by atoms with Crippen LogP contribution >= 0.6 is 0 Å². The fourth-order valence-corrected chi connectivity index (χ4v) is 3.30. The summed E-state index contributed by atoms with van der Waals surface area (Å²) in [6.45, 7) is 7.89. The Balaban J connectivity index is 1.75. The van der Waals surface area contributed by atoms with Gasteiger partial charge in [-0.3, -0.25) is 0 Å². The maximum atomic E-state index is 12.4. The van der Waals surface area contributed by atoms with Crippen LogP contribution in [0.3, 0.4) is 0 Å². The van der Waals surface area contributed by atoms with Gasteiger partial charge in [0.2, 0.25) is 0 Å². The van der Waals surface area contributed by atoms with Crippen LogP contribution in [-0.2, 0) is 0 Å². The second-order valence-electron chi connectivity index (χ2n) is 7.23. The van der Waals surface area contributed by atoms with Crippen molar-refractivity contribution >= 4 is 6.03 Å². The van der Waals surface area contributed by atoms with Gasteiger partial charge >= 0.3 is 6.03 Å². The van der Waals surface area contributed by atoms with E-state index >= 15 is 0 Å². The average Bonchev–Trinajstić information content (AvgIpc) is 2.61. The smallest absolute Gasteiger partial charge is 0.317 e. The summed E-state index contributed by atoms with van der Waals surface area (Å²) in [5, 5.41) is 13.4. The molecule has 1 fully saturated rings. The highest BCUT2D eigenvalue weighted by atomic mass is 16.3. The SMILES string of the molecule is CCN(CC(O)c1ccc(C)cc1)C(=O)NCCC1CCN(C)CC1. The van der Waals surface area contributed by atoms with E-state index in [0.717, 1.165) is 30.6 Å². The number of likely N-dealkylation sites (N-methyl/N-ethyl adjacent to an activating group) is 1. The third-order valence-electron chi connectivity index (χ3n) is 5.19. The standard InChI is InChI=1S/C20H33N3O2/c1-4-23(15-19(24)18-7-5-16(2)6-8-18)20(25)21-12-9-17-10-13-22(3)14-11-17/h5-8,17,19,24H,4,9-15H2,1-3H3,(H,21,25). The Bertz CT molecular complexity index is 524. The Hall–Kier alpha value is -1.59. The molecule has 2 rings (SSSR count). The predicted molar refractivity (Wildman–Crippen MR) is 102 cm³/mol. The van der Waals surface area contributed by atoms with E-state index in [4.69, 9.17) is 0 Å². The average molecular weight is 348 g/mol. The van der Waals surface area contributed by atoms with Crippen LogP contribution in [0, 0.1) is 12.8 Å². The number of nitrogens with one attached hydrogen (secondary N) is 1. The molecule has 1 heterocycles. The second kappa shape index (κ2) is 9.78. The molecule has 1 aliphatic rings. The van der Waals surface area contributed by atoms with E-state index in [1.54, 1.807) is 4.90 Å². The summed E-state index contributed by atoms with van der Waals surface area (Å²) in [7, 11) is 2.16. The molecule has 1 aromatic rings. The molecule has 25 heavy (non-hydrogen) atoms. The first kappa shape index (κ1) is 19.7. The molecule has 0 radical (unpaired) electrons. The van der Waals surface area contributed by atoms with E-state index in [1.165, 1.54) is 12.8 Å². The van der Waals surface area contributed by atoms with Crippen molar-refractivity contribution in [1.29, 1.82) is 0 Å². The van der Waals surface area contributed by atoms with Crippen LogP contribution in [0.15, 0.2) is 24.3 Å².